The van der Waals surface area contributed by atoms with E-state index < -0.39 is 0 Å². The van der Waals surface area contributed by atoms with Crippen molar-refractivity contribution in [3.63, 3.8) is 0 Å². The van der Waals surface area contributed by atoms with Crippen molar-refractivity contribution >= 4 is 11.8 Å². The Balaban J connectivity index is 1.26. The van der Waals surface area contributed by atoms with Crippen LogP contribution in [0.4, 0.5) is 5.69 Å². The number of hydrogen-bond acceptors (Lipinski definition) is 5. The van der Waals surface area contributed by atoms with Crippen LogP contribution in [-0.4, -0.2) is 75.9 Å². The summed E-state index contributed by atoms with van der Waals surface area (Å²) in [5.41, 5.74) is 2.44. The molecule has 0 N–H and O–H groups in total. The van der Waals surface area contributed by atoms with E-state index in [2.05, 4.69) is 57.2 Å². The predicted molar refractivity (Wildman–Crippen MR) is 128 cm³/mol. The zero-order valence-electron chi connectivity index (χ0n) is 18.9. The van der Waals surface area contributed by atoms with E-state index in [1.54, 1.807) is 14.2 Å². The zero-order valence-corrected chi connectivity index (χ0v) is 18.9. The van der Waals surface area contributed by atoms with Crippen molar-refractivity contribution in [1.29, 1.82) is 0 Å². The van der Waals surface area contributed by atoms with Crippen molar-refractivity contribution in [1.82, 2.24) is 9.80 Å². The van der Waals surface area contributed by atoms with E-state index in [-0.39, 0.29) is 0 Å². The van der Waals surface area contributed by atoms with Gasteiger partial charge in [0, 0.05) is 45.3 Å². The van der Waals surface area contributed by atoms with E-state index in [1.807, 2.05) is 18.2 Å². The fraction of sp³-hybridized carbons (Fsp3) is 0.462. The van der Waals surface area contributed by atoms with Crippen molar-refractivity contribution in [3.05, 3.63) is 60.2 Å². The number of piperazine rings is 1. The lowest BCUT2D eigenvalue weighted by atomic mass is 10.0. The molecule has 0 amide bonds. The Hall–Kier alpha value is -2.50. The van der Waals surface area contributed by atoms with Crippen LogP contribution in [0.15, 0.2) is 54.6 Å². The molecule has 0 radical (unpaired) electrons. The fourth-order valence-corrected chi connectivity index (χ4v) is 4.77. The topological polar surface area (TPSA) is 28.2 Å². The number of ether oxygens (including phenoxy) is 2. The van der Waals surface area contributed by atoms with Gasteiger partial charge in [-0.05, 0) is 49.2 Å². The van der Waals surface area contributed by atoms with Gasteiger partial charge in [0.2, 0.25) is 0 Å². The number of rotatable bonds is 7. The third-order valence-corrected chi connectivity index (χ3v) is 6.53. The van der Waals surface area contributed by atoms with E-state index >= 15 is 0 Å². The Morgan fingerprint density at radius 1 is 0.903 bits per heavy atom. The average molecular weight is 422 g/mol. The standard InChI is InChI=1S/C26H35N3O2/c1-30-24-13-11-22(12-14-24)7-5-15-27-16-6-8-23(21-27)28-17-19-29(20-18-28)25-9-3-4-10-26(25)31-2/h3-5,7,9-14,23H,6,8,15-21H2,1-2H3/b7-5+. The highest BCUT2D eigenvalue weighted by molar-refractivity contribution is 5.58. The maximum Gasteiger partial charge on any atom is 0.142 e. The van der Waals surface area contributed by atoms with Crippen molar-refractivity contribution in [2.24, 2.45) is 0 Å². The number of nitrogens with zero attached hydrogens (tertiary/aromatic N) is 3. The van der Waals surface area contributed by atoms with Crippen LogP contribution < -0.4 is 14.4 Å². The highest BCUT2D eigenvalue weighted by atomic mass is 16.5. The minimum atomic E-state index is 0.669. The molecule has 2 aliphatic rings. The average Bonchev–Trinajstić information content (AvgIpc) is 2.85. The molecule has 2 heterocycles. The predicted octanol–water partition coefficient (Wildman–Crippen LogP) is 4.00. The van der Waals surface area contributed by atoms with Gasteiger partial charge in [-0.25, -0.2) is 0 Å². The van der Waals surface area contributed by atoms with Gasteiger partial charge in [-0.1, -0.05) is 36.4 Å². The van der Waals surface area contributed by atoms with E-state index in [1.165, 1.54) is 37.2 Å². The molecule has 2 saturated heterocycles. The summed E-state index contributed by atoms with van der Waals surface area (Å²) in [4.78, 5) is 7.76. The summed E-state index contributed by atoms with van der Waals surface area (Å²) in [6, 6.07) is 17.3. The Labute approximate surface area is 186 Å². The largest absolute Gasteiger partial charge is 0.497 e. The molecule has 0 aromatic heterocycles. The quantitative estimate of drug-likeness (QED) is 0.674. The van der Waals surface area contributed by atoms with Gasteiger partial charge in [-0.2, -0.15) is 0 Å². The van der Waals surface area contributed by atoms with Gasteiger partial charge in [0.05, 0.1) is 19.9 Å². The molecular formula is C26H35N3O2. The lowest BCUT2D eigenvalue weighted by Crippen LogP contribution is -2.55. The zero-order chi connectivity index (χ0) is 21.5. The Morgan fingerprint density at radius 2 is 1.68 bits per heavy atom. The summed E-state index contributed by atoms with van der Waals surface area (Å²) in [5, 5.41) is 0. The van der Waals surface area contributed by atoms with E-state index in [9.17, 15) is 0 Å². The van der Waals surface area contributed by atoms with Crippen molar-refractivity contribution in [2.75, 3.05) is 64.9 Å². The molecular weight excluding hydrogens is 386 g/mol. The molecule has 31 heavy (non-hydrogen) atoms. The van der Waals surface area contributed by atoms with E-state index in [4.69, 9.17) is 9.47 Å². The minimum absolute atomic E-state index is 0.669. The molecule has 5 nitrogen and oxygen atoms in total. The number of para-hydroxylation sites is 2. The summed E-state index contributed by atoms with van der Waals surface area (Å²) >= 11 is 0. The monoisotopic (exact) mass is 421 g/mol. The maximum absolute atomic E-state index is 5.56. The molecule has 2 aliphatic heterocycles. The number of anilines is 1. The number of benzene rings is 2. The lowest BCUT2D eigenvalue weighted by Gasteiger charge is -2.44. The summed E-state index contributed by atoms with van der Waals surface area (Å²) in [6.45, 7) is 7.76. The van der Waals surface area contributed by atoms with Crippen LogP contribution in [0.2, 0.25) is 0 Å². The first-order valence-electron chi connectivity index (χ1n) is 11.4. The third-order valence-electron chi connectivity index (χ3n) is 6.53. The number of piperidine rings is 1. The molecule has 0 spiro atoms. The van der Waals surface area contributed by atoms with Crippen LogP contribution >= 0.6 is 0 Å². The summed E-state index contributed by atoms with van der Waals surface area (Å²) in [5.74, 6) is 1.88. The van der Waals surface area contributed by atoms with Crippen LogP contribution in [-0.2, 0) is 0 Å². The number of methoxy groups -OCH3 is 2. The van der Waals surface area contributed by atoms with E-state index in [0.29, 0.717) is 6.04 Å². The minimum Gasteiger partial charge on any atom is -0.497 e. The van der Waals surface area contributed by atoms with Crippen LogP contribution in [0.1, 0.15) is 18.4 Å². The second kappa shape index (κ2) is 10.7. The first-order valence-corrected chi connectivity index (χ1v) is 11.4. The lowest BCUT2D eigenvalue weighted by molar-refractivity contribution is 0.0991. The first-order chi connectivity index (χ1) is 15.3. The molecule has 1 atom stereocenters. The molecule has 166 valence electrons. The van der Waals surface area contributed by atoms with Gasteiger partial charge >= 0.3 is 0 Å². The summed E-state index contributed by atoms with van der Waals surface area (Å²) in [6.07, 6.45) is 7.11. The van der Waals surface area contributed by atoms with Crippen molar-refractivity contribution < 1.29 is 9.47 Å². The fourth-order valence-electron chi connectivity index (χ4n) is 4.77. The normalized spacial score (nSPS) is 20.8. The third kappa shape index (κ3) is 5.60. The van der Waals surface area contributed by atoms with Gasteiger partial charge < -0.3 is 14.4 Å². The Morgan fingerprint density at radius 3 is 2.42 bits per heavy atom. The Kier molecular flexibility index (Phi) is 7.49. The first kappa shape index (κ1) is 21.7. The molecule has 2 fully saturated rings. The molecule has 4 rings (SSSR count). The highest BCUT2D eigenvalue weighted by Gasteiger charge is 2.28. The molecule has 2 aromatic rings. The molecule has 2 aromatic carbocycles. The smallest absolute Gasteiger partial charge is 0.142 e. The van der Waals surface area contributed by atoms with Gasteiger partial charge in [0.1, 0.15) is 11.5 Å². The van der Waals surface area contributed by atoms with Gasteiger partial charge in [-0.15, -0.1) is 0 Å². The molecule has 1 unspecified atom stereocenters. The van der Waals surface area contributed by atoms with Gasteiger partial charge in [0.25, 0.3) is 0 Å². The number of hydrogen-bond donors (Lipinski definition) is 0. The van der Waals surface area contributed by atoms with Crippen LogP contribution in [0, 0.1) is 0 Å². The molecule has 0 aliphatic carbocycles. The second-order valence-corrected chi connectivity index (χ2v) is 8.43. The van der Waals surface area contributed by atoms with Crippen molar-refractivity contribution in [2.45, 2.75) is 18.9 Å². The second-order valence-electron chi connectivity index (χ2n) is 8.43. The van der Waals surface area contributed by atoms with Crippen molar-refractivity contribution in [3.8, 4) is 11.5 Å². The molecule has 0 bridgehead atoms. The molecule has 0 saturated carbocycles. The number of likely N-dealkylation sites (tertiary alicyclic amines) is 1. The Bertz CT molecular complexity index is 844. The van der Waals surface area contributed by atoms with E-state index in [0.717, 1.165) is 44.2 Å². The van der Waals surface area contributed by atoms with Gasteiger partial charge in [0.15, 0.2) is 0 Å². The van der Waals surface area contributed by atoms with Crippen LogP contribution in [0.5, 0.6) is 11.5 Å². The SMILES string of the molecule is COc1ccc(/C=C/CN2CCCC(N3CCN(c4ccccc4OC)CC3)C2)cc1. The van der Waals surface area contributed by atoms with Crippen LogP contribution in [0.3, 0.4) is 0 Å². The van der Waals surface area contributed by atoms with Crippen LogP contribution in [0.25, 0.3) is 6.08 Å². The molecule has 5 heteroatoms. The summed E-state index contributed by atoms with van der Waals surface area (Å²) < 4.78 is 10.8. The summed E-state index contributed by atoms with van der Waals surface area (Å²) in [7, 11) is 3.46. The maximum atomic E-state index is 5.56. The van der Waals surface area contributed by atoms with Gasteiger partial charge in [-0.3, -0.25) is 9.80 Å². The highest BCUT2D eigenvalue weighted by Crippen LogP contribution is 2.29.